The van der Waals surface area contributed by atoms with E-state index in [1.807, 2.05) is 14.1 Å². The van der Waals surface area contributed by atoms with Crippen molar-refractivity contribution in [3.8, 4) is 0 Å². The third kappa shape index (κ3) is 64.6. The Kier molecular flexibility index (Phi) is 66.1. The Morgan fingerprint density at radius 1 is 0.417 bits per heavy atom. The van der Waals surface area contributed by atoms with Crippen LogP contribution in [0.3, 0.4) is 0 Å². The van der Waals surface area contributed by atoms with E-state index in [2.05, 4.69) is 69.1 Å². The minimum Gasteiger partial charge on any atom is -0.463 e. The third-order valence-corrected chi connectivity index (χ3v) is 13.7. The van der Waals surface area contributed by atoms with Crippen LogP contribution >= 0.6 is 0 Å². The first-order chi connectivity index (χ1) is 35.4. The van der Waals surface area contributed by atoms with Gasteiger partial charge in [-0.1, -0.05) is 238 Å². The quantitative estimate of drug-likeness (QED) is 0.0281. The molecule has 0 amide bonds. The summed E-state index contributed by atoms with van der Waals surface area (Å²) in [6.45, 7) is 10.9. The second-order valence-electron chi connectivity index (χ2n) is 21.3. The Balaban J connectivity index is 0. The number of carbonyl (C=O) groups is 1. The van der Waals surface area contributed by atoms with E-state index in [1.165, 1.54) is 238 Å². The Morgan fingerprint density at radius 3 is 1.03 bits per heavy atom. The Morgan fingerprint density at radius 2 is 0.722 bits per heavy atom. The molecule has 0 radical (unpaired) electrons. The van der Waals surface area contributed by atoms with Gasteiger partial charge in [0.25, 0.3) is 6.48 Å². The molecule has 0 aromatic rings. The van der Waals surface area contributed by atoms with Gasteiger partial charge < -0.3 is 29.0 Å². The van der Waals surface area contributed by atoms with Gasteiger partial charge in [-0.15, -0.1) is 0 Å². The van der Waals surface area contributed by atoms with Gasteiger partial charge in [-0.2, -0.15) is 0 Å². The average molecular weight is 1020 g/mol. The van der Waals surface area contributed by atoms with Gasteiger partial charge in [-0.05, 0) is 130 Å². The van der Waals surface area contributed by atoms with Crippen molar-refractivity contribution in [3.63, 3.8) is 0 Å². The number of aliphatic hydroxyl groups is 1. The second kappa shape index (κ2) is 65.6. The van der Waals surface area contributed by atoms with Gasteiger partial charge in [-0.3, -0.25) is 4.79 Å². The molecule has 0 spiro atoms. The number of aliphatic hydroxyl groups excluding tert-OH is 1. The fourth-order valence-electron chi connectivity index (χ4n) is 8.75. The summed E-state index contributed by atoms with van der Waals surface area (Å²) in [5.74, 6) is -0.166. The number of nitrogens with zero attached hydrogens (tertiary/aromatic N) is 1. The number of allylic oxidation sites excluding steroid dienone is 6. The van der Waals surface area contributed by atoms with E-state index in [0.717, 1.165) is 51.5 Å². The molecule has 0 bridgehead atoms. The molecule has 0 aromatic heterocycles. The van der Waals surface area contributed by atoms with E-state index in [-0.39, 0.29) is 18.7 Å². The number of carbonyl (C=O) groups excluding carboxylic acids is 1. The van der Waals surface area contributed by atoms with Crippen molar-refractivity contribution in [3.05, 3.63) is 36.5 Å². The fraction of sp³-hybridized carbons (Fsp3) is 0.892. The second-order valence-corrected chi connectivity index (χ2v) is 21.3. The minimum atomic E-state index is -0.710. The van der Waals surface area contributed by atoms with Crippen LogP contribution in [0.5, 0.6) is 0 Å². The highest BCUT2D eigenvalue weighted by molar-refractivity contribution is 5.69. The van der Waals surface area contributed by atoms with Crippen molar-refractivity contribution in [1.29, 1.82) is 0 Å². The predicted octanol–water partition coefficient (Wildman–Crippen LogP) is 20.1. The highest BCUT2D eigenvalue weighted by Gasteiger charge is 2.19. The Labute approximate surface area is 450 Å². The molecule has 7 nitrogen and oxygen atoms in total. The van der Waals surface area contributed by atoms with Crippen molar-refractivity contribution >= 4 is 5.97 Å². The largest absolute Gasteiger partial charge is 0.463 e. The molecular formula is C65H127NO6. The molecule has 0 saturated carbocycles. The van der Waals surface area contributed by atoms with E-state index >= 15 is 0 Å². The maximum atomic E-state index is 12.3. The van der Waals surface area contributed by atoms with Crippen LogP contribution in [0.1, 0.15) is 317 Å². The maximum Gasteiger partial charge on any atom is 0.305 e. The Bertz CT molecular complexity index is 1050. The van der Waals surface area contributed by atoms with Crippen molar-refractivity contribution in [2.45, 2.75) is 329 Å². The summed E-state index contributed by atoms with van der Waals surface area (Å²) in [7, 11) is 4.03. The van der Waals surface area contributed by atoms with Crippen LogP contribution < -0.4 is 0 Å². The van der Waals surface area contributed by atoms with Crippen LogP contribution in [0.4, 0.5) is 0 Å². The molecule has 0 aromatic carbocycles. The van der Waals surface area contributed by atoms with Crippen LogP contribution in [0, 0.1) is 0 Å². The maximum absolute atomic E-state index is 12.3. The van der Waals surface area contributed by atoms with Gasteiger partial charge in [0.1, 0.15) is 6.61 Å². The fourth-order valence-corrected chi connectivity index (χ4v) is 8.75. The smallest absolute Gasteiger partial charge is 0.305 e. The molecule has 72 heavy (non-hydrogen) atoms. The first kappa shape index (κ1) is 72.6. The zero-order valence-electron chi connectivity index (χ0n) is 49.4. The lowest BCUT2D eigenvalue weighted by atomic mass is 10.1. The van der Waals surface area contributed by atoms with Crippen LogP contribution in [0.15, 0.2) is 36.5 Å². The Hall–Kier alpha value is -1.51. The molecule has 0 rings (SSSR count). The molecule has 1 unspecified atom stereocenters. The minimum absolute atomic E-state index is 0.166. The number of hydrogen-bond donors (Lipinski definition) is 1. The monoisotopic (exact) mass is 1020 g/mol. The van der Waals surface area contributed by atoms with Gasteiger partial charge in [0.15, 0.2) is 0 Å². The first-order valence-corrected chi connectivity index (χ1v) is 31.7. The van der Waals surface area contributed by atoms with E-state index in [4.69, 9.17) is 24.1 Å². The summed E-state index contributed by atoms with van der Waals surface area (Å²) in [6.07, 6.45) is 70.6. The molecule has 0 aliphatic carbocycles. The van der Waals surface area contributed by atoms with Crippen molar-refractivity contribution in [2.75, 3.05) is 47.1 Å². The van der Waals surface area contributed by atoms with Gasteiger partial charge in [0, 0.05) is 13.0 Å². The van der Waals surface area contributed by atoms with Crippen LogP contribution in [0.2, 0.25) is 0 Å². The van der Waals surface area contributed by atoms with Gasteiger partial charge in [0.05, 0.1) is 19.3 Å². The summed E-state index contributed by atoms with van der Waals surface area (Å²) >= 11 is 0. The molecular weight excluding hydrogens is 891 g/mol. The summed E-state index contributed by atoms with van der Waals surface area (Å²) in [5.41, 5.74) is 0. The molecule has 428 valence electrons. The van der Waals surface area contributed by atoms with E-state index < -0.39 is 6.48 Å². The molecule has 0 fully saturated rings. The summed E-state index contributed by atoms with van der Waals surface area (Å²) in [5, 5.41) is 8.66. The normalized spacial score (nSPS) is 12.3. The SMILES string of the molecule is CCCCCCCC/C=C\CCCCCCCCO.CCCCCCCC/C=C\CCCCCCCCOC(OCCCCCCCC/C=C\CCCCCCCC)OC(CC)COC(=O)CCCN(C)C. The van der Waals surface area contributed by atoms with Crippen molar-refractivity contribution in [1.82, 2.24) is 4.90 Å². The van der Waals surface area contributed by atoms with E-state index in [1.54, 1.807) is 0 Å². The molecule has 0 aliphatic rings. The van der Waals surface area contributed by atoms with E-state index in [9.17, 15) is 4.79 Å². The van der Waals surface area contributed by atoms with Gasteiger partial charge in [0.2, 0.25) is 0 Å². The summed E-state index contributed by atoms with van der Waals surface area (Å²) < 4.78 is 24.0. The first-order valence-electron chi connectivity index (χ1n) is 31.7. The predicted molar refractivity (Wildman–Crippen MR) is 315 cm³/mol. The lowest BCUT2D eigenvalue weighted by Gasteiger charge is -2.24. The molecule has 0 saturated heterocycles. The molecule has 0 heterocycles. The zero-order chi connectivity index (χ0) is 52.7. The summed E-state index contributed by atoms with van der Waals surface area (Å²) in [4.78, 5) is 14.3. The number of hydrogen-bond acceptors (Lipinski definition) is 7. The highest BCUT2D eigenvalue weighted by Crippen LogP contribution is 2.16. The van der Waals surface area contributed by atoms with Crippen LogP contribution in [-0.2, 0) is 23.7 Å². The average Bonchev–Trinajstić information content (AvgIpc) is 3.38. The number of ether oxygens (including phenoxy) is 4. The molecule has 7 heteroatoms. The zero-order valence-corrected chi connectivity index (χ0v) is 49.4. The third-order valence-electron chi connectivity index (χ3n) is 13.7. The van der Waals surface area contributed by atoms with Gasteiger partial charge in [-0.25, -0.2) is 0 Å². The number of unbranched alkanes of at least 4 members (excludes halogenated alkanes) is 36. The summed E-state index contributed by atoms with van der Waals surface area (Å²) in [6, 6.07) is 0. The van der Waals surface area contributed by atoms with Crippen molar-refractivity contribution in [2.24, 2.45) is 0 Å². The number of rotatable bonds is 58. The molecule has 1 N–H and O–H groups in total. The highest BCUT2D eigenvalue weighted by atomic mass is 16.8. The van der Waals surface area contributed by atoms with E-state index in [0.29, 0.717) is 26.2 Å². The lowest BCUT2D eigenvalue weighted by molar-refractivity contribution is -0.308. The standard InChI is InChI=1S/C47H91NO5.C18H36O/c1-6-9-11-13-15-17-19-21-23-25-27-29-31-33-35-37-42-50-47(53-45(8-3)44-52-46(49)40-39-41-48(4)5)51-43-38-36-34-32-30-28-26-24-22-20-18-16-14-12-10-7-2;1-2-3-4-5-6-7-8-9-10-11-12-13-14-15-16-17-18-19/h21-24,45,47H,6-20,25-44H2,1-5H3;9-10,19H,2-8,11-18H2,1H3/b23-21-,24-22-;10-9-. The lowest BCUT2D eigenvalue weighted by Crippen LogP contribution is -2.31. The van der Waals surface area contributed by atoms with Crippen LogP contribution in [-0.4, -0.2) is 75.6 Å². The molecule has 1 atom stereocenters. The molecule has 0 aliphatic heterocycles. The number of esters is 1. The van der Waals surface area contributed by atoms with Gasteiger partial charge >= 0.3 is 5.97 Å². The van der Waals surface area contributed by atoms with Crippen molar-refractivity contribution < 1.29 is 28.8 Å². The topological polar surface area (TPSA) is 77.5 Å². The van der Waals surface area contributed by atoms with Crippen LogP contribution in [0.25, 0.3) is 0 Å².